The molecule has 0 radical (unpaired) electrons. The predicted molar refractivity (Wildman–Crippen MR) is 78.3 cm³/mol. The van der Waals surface area contributed by atoms with Crippen molar-refractivity contribution in [1.82, 2.24) is 0 Å². The highest BCUT2D eigenvalue weighted by atomic mass is 32.1. The molecule has 2 aromatic carbocycles. The van der Waals surface area contributed by atoms with Gasteiger partial charge in [0.2, 0.25) is 0 Å². The predicted octanol–water partition coefficient (Wildman–Crippen LogP) is 3.66. The van der Waals surface area contributed by atoms with Crippen LogP contribution in [-0.2, 0) is 6.42 Å². The first-order chi connectivity index (χ1) is 8.81. The molecule has 0 N–H and O–H groups in total. The molecule has 0 aromatic heterocycles. The highest BCUT2D eigenvalue weighted by Crippen LogP contribution is 2.16. The van der Waals surface area contributed by atoms with Gasteiger partial charge in [-0.3, -0.25) is 4.79 Å². The van der Waals surface area contributed by atoms with Crippen LogP contribution in [0.5, 0.6) is 0 Å². The van der Waals surface area contributed by atoms with Crippen LogP contribution in [0.25, 0.3) is 0 Å². The van der Waals surface area contributed by atoms with E-state index < -0.39 is 0 Å². The number of carbonyl (C=O) groups excluding carboxylic acids is 1. The van der Waals surface area contributed by atoms with Crippen molar-refractivity contribution in [2.75, 3.05) is 5.75 Å². The molecule has 1 nitrogen and oxygen atoms in total. The second-order valence-corrected chi connectivity index (χ2v) is 4.66. The molecular formula is C16H16OS. The van der Waals surface area contributed by atoms with E-state index in [9.17, 15) is 4.79 Å². The molecule has 18 heavy (non-hydrogen) atoms. The summed E-state index contributed by atoms with van der Waals surface area (Å²) in [6.45, 7) is 0. The number of hydrogen-bond acceptors (Lipinski definition) is 2. The van der Waals surface area contributed by atoms with Crippen LogP contribution in [0.15, 0.2) is 60.7 Å². The summed E-state index contributed by atoms with van der Waals surface area (Å²) in [5, 5.41) is 0. The van der Waals surface area contributed by atoms with Crippen molar-refractivity contribution >= 4 is 18.4 Å². The van der Waals surface area contributed by atoms with Gasteiger partial charge in [-0.05, 0) is 12.0 Å². The molecule has 2 heteroatoms. The van der Waals surface area contributed by atoms with Crippen LogP contribution in [0, 0.1) is 5.92 Å². The zero-order chi connectivity index (χ0) is 12.8. The lowest BCUT2D eigenvalue weighted by atomic mass is 9.93. The van der Waals surface area contributed by atoms with Crippen molar-refractivity contribution in [2.24, 2.45) is 5.92 Å². The Morgan fingerprint density at radius 3 is 2.06 bits per heavy atom. The van der Waals surface area contributed by atoms with Crippen molar-refractivity contribution in [3.63, 3.8) is 0 Å². The number of ketones is 1. The van der Waals surface area contributed by atoms with Gasteiger partial charge < -0.3 is 0 Å². The van der Waals surface area contributed by atoms with Gasteiger partial charge in [-0.25, -0.2) is 0 Å². The molecule has 0 spiro atoms. The fourth-order valence-electron chi connectivity index (χ4n) is 1.98. The molecule has 2 rings (SSSR count). The Balaban J connectivity index is 2.12. The van der Waals surface area contributed by atoms with E-state index in [0.29, 0.717) is 5.75 Å². The number of carbonyl (C=O) groups is 1. The van der Waals surface area contributed by atoms with Gasteiger partial charge in [0.15, 0.2) is 5.78 Å². The van der Waals surface area contributed by atoms with Gasteiger partial charge in [-0.1, -0.05) is 60.7 Å². The van der Waals surface area contributed by atoms with Gasteiger partial charge >= 0.3 is 0 Å². The molecule has 0 aliphatic carbocycles. The monoisotopic (exact) mass is 256 g/mol. The number of thiol groups is 1. The van der Waals surface area contributed by atoms with Crippen LogP contribution in [0.3, 0.4) is 0 Å². The Morgan fingerprint density at radius 2 is 1.50 bits per heavy atom. The summed E-state index contributed by atoms with van der Waals surface area (Å²) in [5.41, 5.74) is 1.95. The molecule has 0 aliphatic heterocycles. The quantitative estimate of drug-likeness (QED) is 0.638. The van der Waals surface area contributed by atoms with Crippen LogP contribution in [0.1, 0.15) is 15.9 Å². The zero-order valence-electron chi connectivity index (χ0n) is 10.1. The van der Waals surface area contributed by atoms with Crippen molar-refractivity contribution in [3.8, 4) is 0 Å². The van der Waals surface area contributed by atoms with E-state index in [4.69, 9.17) is 0 Å². The summed E-state index contributed by atoms with van der Waals surface area (Å²) in [6, 6.07) is 19.5. The number of Topliss-reactive ketones (excluding diaryl/α,β-unsaturated/α-hetero) is 1. The number of hydrogen-bond donors (Lipinski definition) is 1. The van der Waals surface area contributed by atoms with E-state index in [1.165, 1.54) is 5.56 Å². The molecule has 2 aromatic rings. The third-order valence-electron chi connectivity index (χ3n) is 2.97. The van der Waals surface area contributed by atoms with E-state index >= 15 is 0 Å². The number of rotatable bonds is 5. The first kappa shape index (κ1) is 12.9. The molecule has 0 bridgehead atoms. The fourth-order valence-corrected chi connectivity index (χ4v) is 2.27. The van der Waals surface area contributed by atoms with Crippen LogP contribution in [0.4, 0.5) is 0 Å². The third-order valence-corrected chi connectivity index (χ3v) is 3.42. The maximum absolute atomic E-state index is 12.3. The summed E-state index contributed by atoms with van der Waals surface area (Å²) in [7, 11) is 0. The maximum Gasteiger partial charge on any atom is 0.167 e. The number of benzene rings is 2. The highest BCUT2D eigenvalue weighted by Gasteiger charge is 2.18. The van der Waals surface area contributed by atoms with E-state index in [0.717, 1.165) is 12.0 Å². The van der Waals surface area contributed by atoms with Gasteiger partial charge in [0, 0.05) is 17.2 Å². The van der Waals surface area contributed by atoms with Crippen molar-refractivity contribution in [3.05, 3.63) is 71.8 Å². The second kappa shape index (κ2) is 6.41. The summed E-state index contributed by atoms with van der Waals surface area (Å²) < 4.78 is 0. The van der Waals surface area contributed by atoms with Crippen molar-refractivity contribution < 1.29 is 4.79 Å². The molecule has 0 heterocycles. The van der Waals surface area contributed by atoms with Crippen molar-refractivity contribution in [2.45, 2.75) is 6.42 Å². The van der Waals surface area contributed by atoms with E-state index in [2.05, 4.69) is 24.8 Å². The molecule has 0 amide bonds. The van der Waals surface area contributed by atoms with Crippen LogP contribution >= 0.6 is 12.6 Å². The molecule has 0 aliphatic rings. The van der Waals surface area contributed by atoms with E-state index in [1.54, 1.807) is 0 Å². The Morgan fingerprint density at radius 1 is 0.944 bits per heavy atom. The smallest absolute Gasteiger partial charge is 0.167 e. The maximum atomic E-state index is 12.3. The molecular weight excluding hydrogens is 240 g/mol. The summed E-state index contributed by atoms with van der Waals surface area (Å²) in [6.07, 6.45) is 0.748. The second-order valence-electron chi connectivity index (χ2n) is 4.30. The Bertz CT molecular complexity index is 493. The molecule has 1 atom stereocenters. The summed E-state index contributed by atoms with van der Waals surface area (Å²) in [5.74, 6) is 0.690. The SMILES string of the molecule is O=C(c1ccccc1)[C@H](CS)Cc1ccccc1. The van der Waals surface area contributed by atoms with Crippen LogP contribution < -0.4 is 0 Å². The van der Waals surface area contributed by atoms with Crippen LogP contribution in [0.2, 0.25) is 0 Å². The van der Waals surface area contributed by atoms with Gasteiger partial charge in [-0.15, -0.1) is 0 Å². The van der Waals surface area contributed by atoms with Crippen LogP contribution in [-0.4, -0.2) is 11.5 Å². The topological polar surface area (TPSA) is 17.1 Å². The minimum Gasteiger partial charge on any atom is -0.294 e. The molecule has 0 saturated heterocycles. The normalized spacial score (nSPS) is 12.1. The Hall–Kier alpha value is -1.54. The fraction of sp³-hybridized carbons (Fsp3) is 0.188. The minimum absolute atomic E-state index is 0.0573. The van der Waals surface area contributed by atoms with Gasteiger partial charge in [0.1, 0.15) is 0 Å². The first-order valence-corrected chi connectivity index (χ1v) is 6.68. The molecule has 0 fully saturated rings. The molecule has 0 unspecified atom stereocenters. The average Bonchev–Trinajstić information content (AvgIpc) is 2.46. The van der Waals surface area contributed by atoms with Gasteiger partial charge in [-0.2, -0.15) is 12.6 Å². The minimum atomic E-state index is -0.0573. The van der Waals surface area contributed by atoms with Gasteiger partial charge in [0.25, 0.3) is 0 Å². The molecule has 92 valence electrons. The third kappa shape index (κ3) is 3.23. The molecule has 0 saturated carbocycles. The standard InChI is InChI=1S/C16H16OS/c17-16(14-9-5-2-6-10-14)15(12-18)11-13-7-3-1-4-8-13/h1-10,15,18H,11-12H2/t15-/m0/s1. The zero-order valence-corrected chi connectivity index (χ0v) is 11.0. The summed E-state index contributed by atoms with van der Waals surface area (Å²) >= 11 is 4.31. The van der Waals surface area contributed by atoms with E-state index in [1.807, 2.05) is 48.5 Å². The van der Waals surface area contributed by atoms with E-state index in [-0.39, 0.29) is 11.7 Å². The highest BCUT2D eigenvalue weighted by molar-refractivity contribution is 7.80. The lowest BCUT2D eigenvalue weighted by Gasteiger charge is -2.13. The Kier molecular flexibility index (Phi) is 4.59. The Labute approximate surface area is 113 Å². The lowest BCUT2D eigenvalue weighted by molar-refractivity contribution is 0.0932. The lowest BCUT2D eigenvalue weighted by Crippen LogP contribution is -2.19. The largest absolute Gasteiger partial charge is 0.294 e. The van der Waals surface area contributed by atoms with Gasteiger partial charge in [0.05, 0.1) is 0 Å². The average molecular weight is 256 g/mol. The first-order valence-electron chi connectivity index (χ1n) is 6.05. The summed E-state index contributed by atoms with van der Waals surface area (Å²) in [4.78, 5) is 12.3. The van der Waals surface area contributed by atoms with Crippen molar-refractivity contribution in [1.29, 1.82) is 0 Å².